The van der Waals surface area contributed by atoms with Crippen LogP contribution in [0.15, 0.2) is 60.2 Å². The number of rotatable bonds is 6. The summed E-state index contributed by atoms with van der Waals surface area (Å²) in [6.07, 6.45) is 0.463. The average Bonchev–Trinajstić information content (AvgIpc) is 3.22. The summed E-state index contributed by atoms with van der Waals surface area (Å²) in [5.74, 6) is -1.12. The first-order valence-electron chi connectivity index (χ1n) is 9.42. The molecule has 0 radical (unpaired) electrons. The van der Waals surface area contributed by atoms with Crippen LogP contribution in [0, 0.1) is 5.82 Å². The summed E-state index contributed by atoms with van der Waals surface area (Å²) in [7, 11) is 4.25. The number of anilines is 1. The molecule has 0 aliphatic carbocycles. The first-order valence-corrected chi connectivity index (χ1v) is 11.3. The molecule has 1 heterocycles. The van der Waals surface area contributed by atoms with E-state index in [1.807, 2.05) is 31.4 Å². The lowest BCUT2D eigenvalue weighted by Gasteiger charge is -2.05. The zero-order valence-electron chi connectivity index (χ0n) is 17.8. The molecule has 32 heavy (non-hydrogen) atoms. The second kappa shape index (κ2) is 13.6. The topological polar surface area (TPSA) is 75.6 Å². The van der Waals surface area contributed by atoms with Crippen molar-refractivity contribution in [1.82, 2.24) is 0 Å². The molecule has 0 saturated carbocycles. The zero-order valence-corrected chi connectivity index (χ0v) is 20.5. The molecule has 3 aromatic rings. The Labute approximate surface area is 198 Å². The number of hydrogen-bond donors (Lipinski definition) is 2. The van der Waals surface area contributed by atoms with E-state index in [0.717, 1.165) is 10.9 Å². The Balaban J connectivity index is 0.000000318. The molecular weight excluding hydrogens is 472 g/mol. The Hall–Kier alpha value is -2.73. The molecule has 1 aromatic heterocycles. The van der Waals surface area contributed by atoms with Crippen LogP contribution in [0.1, 0.15) is 24.2 Å². The highest BCUT2D eigenvalue weighted by Gasteiger charge is 2.19. The summed E-state index contributed by atoms with van der Waals surface area (Å²) in [6, 6.07) is 10.9. The van der Waals surface area contributed by atoms with Crippen LogP contribution in [0.2, 0.25) is 5.02 Å². The Morgan fingerprint density at radius 2 is 1.97 bits per heavy atom. The van der Waals surface area contributed by atoms with E-state index in [9.17, 15) is 19.1 Å². The monoisotopic (exact) mass is 495 g/mol. The van der Waals surface area contributed by atoms with E-state index in [0.29, 0.717) is 27.4 Å². The van der Waals surface area contributed by atoms with Gasteiger partial charge in [-0.05, 0) is 35.1 Å². The molecular formula is C23H24ClFNO4PS. The highest BCUT2D eigenvalue weighted by Crippen LogP contribution is 2.35. The predicted octanol–water partition coefficient (Wildman–Crippen LogP) is 6.25. The predicted molar refractivity (Wildman–Crippen MR) is 134 cm³/mol. The van der Waals surface area contributed by atoms with E-state index >= 15 is 0 Å². The Morgan fingerprint density at radius 3 is 2.50 bits per heavy atom. The van der Waals surface area contributed by atoms with Crippen molar-refractivity contribution in [3.8, 4) is 16.9 Å². The Morgan fingerprint density at radius 1 is 1.28 bits per heavy atom. The van der Waals surface area contributed by atoms with Crippen LogP contribution < -0.4 is 15.4 Å². The minimum Gasteiger partial charge on any atom is -0.478 e. The van der Waals surface area contributed by atoms with Gasteiger partial charge in [0.1, 0.15) is 22.1 Å². The number of hydrogen-bond acceptors (Lipinski definition) is 5. The van der Waals surface area contributed by atoms with Gasteiger partial charge in [0.2, 0.25) is 0 Å². The van der Waals surface area contributed by atoms with Crippen LogP contribution >= 0.6 is 32.2 Å². The Kier molecular flexibility index (Phi) is 11.6. The number of aromatic carboxylic acids is 1. The summed E-state index contributed by atoms with van der Waals surface area (Å²) < 4.78 is 17.4. The number of carbonyl (C=O) groups is 2. The number of benzene rings is 2. The van der Waals surface area contributed by atoms with Crippen molar-refractivity contribution < 1.29 is 23.8 Å². The molecule has 0 saturated heterocycles. The van der Waals surface area contributed by atoms with E-state index < -0.39 is 11.8 Å². The van der Waals surface area contributed by atoms with Crippen LogP contribution in [0.3, 0.4) is 0 Å². The molecule has 5 nitrogen and oxygen atoms in total. The minimum atomic E-state index is -0.934. The maximum absolute atomic E-state index is 12.5. The lowest BCUT2D eigenvalue weighted by molar-refractivity contribution is -0.106. The third-order valence-electron chi connectivity index (χ3n) is 3.72. The fraction of sp³-hybridized carbons (Fsp3) is 0.130. The van der Waals surface area contributed by atoms with Gasteiger partial charge in [0.05, 0.1) is 0 Å². The van der Waals surface area contributed by atoms with Crippen LogP contribution in [-0.4, -0.2) is 24.4 Å². The fourth-order valence-electron chi connectivity index (χ4n) is 2.38. The van der Waals surface area contributed by atoms with Crippen LogP contribution in [0.4, 0.5) is 9.39 Å². The molecule has 0 amide bonds. The van der Waals surface area contributed by atoms with E-state index in [4.69, 9.17) is 16.3 Å². The standard InChI is InChI=1S/C12H11ClNO2PS.C9H7FO2.C2H6/c1-14-11-10(12(15)16)7(5-18-11)6-2-3-8(13)9(17)4-6;1-7(6-11)12-9-4-2-3-8(10)5-9;1-2/h2-5,14H,17H2,1H3,(H,15,16);2-6H,1H2;1-2H3. The van der Waals surface area contributed by atoms with Gasteiger partial charge in [-0.15, -0.1) is 20.6 Å². The largest absolute Gasteiger partial charge is 0.478 e. The molecule has 0 spiro atoms. The zero-order chi connectivity index (χ0) is 24.3. The summed E-state index contributed by atoms with van der Waals surface area (Å²) in [4.78, 5) is 21.4. The normalized spacial score (nSPS) is 9.44. The maximum Gasteiger partial charge on any atom is 0.339 e. The molecule has 1 atom stereocenters. The van der Waals surface area contributed by atoms with Gasteiger partial charge in [-0.1, -0.05) is 44.2 Å². The lowest BCUT2D eigenvalue weighted by atomic mass is 10.0. The molecule has 170 valence electrons. The van der Waals surface area contributed by atoms with Gasteiger partial charge >= 0.3 is 5.97 Å². The van der Waals surface area contributed by atoms with Crippen molar-refractivity contribution in [2.24, 2.45) is 0 Å². The Bertz CT molecular complexity index is 1090. The van der Waals surface area contributed by atoms with Gasteiger partial charge in [-0.25, -0.2) is 9.18 Å². The minimum absolute atomic E-state index is 0.0411. The van der Waals surface area contributed by atoms with Crippen molar-refractivity contribution in [3.63, 3.8) is 0 Å². The van der Waals surface area contributed by atoms with E-state index in [2.05, 4.69) is 21.1 Å². The van der Waals surface area contributed by atoms with Gasteiger partial charge in [0.15, 0.2) is 12.0 Å². The van der Waals surface area contributed by atoms with Gasteiger partial charge in [0.25, 0.3) is 0 Å². The highest BCUT2D eigenvalue weighted by molar-refractivity contribution is 7.28. The molecule has 3 rings (SSSR count). The molecule has 1 unspecified atom stereocenters. The first kappa shape index (κ1) is 27.3. The summed E-state index contributed by atoms with van der Waals surface area (Å²) in [6.45, 7) is 7.29. The third kappa shape index (κ3) is 7.75. The number of halogens is 2. The molecule has 2 N–H and O–H groups in total. The smallest absolute Gasteiger partial charge is 0.339 e. The van der Waals surface area contributed by atoms with E-state index in [-0.39, 0.29) is 11.5 Å². The number of aldehydes is 1. The van der Waals surface area contributed by atoms with Gasteiger partial charge in [-0.2, -0.15) is 0 Å². The molecule has 2 aromatic carbocycles. The molecule has 9 heteroatoms. The highest BCUT2D eigenvalue weighted by atomic mass is 35.5. The van der Waals surface area contributed by atoms with Crippen molar-refractivity contribution in [2.45, 2.75) is 13.8 Å². The number of nitrogens with one attached hydrogen (secondary N) is 1. The molecule has 0 aliphatic heterocycles. The van der Waals surface area contributed by atoms with E-state index in [1.165, 1.54) is 35.6 Å². The summed E-state index contributed by atoms with van der Waals surface area (Å²) in [5, 5.41) is 16.2. The molecule has 0 fully saturated rings. The second-order valence-corrected chi connectivity index (χ2v) is 7.70. The van der Waals surface area contributed by atoms with E-state index in [1.54, 1.807) is 13.1 Å². The van der Waals surface area contributed by atoms with Crippen LogP contribution in [0.25, 0.3) is 11.1 Å². The molecule has 0 aliphatic rings. The number of allylic oxidation sites excluding steroid dienone is 1. The number of carbonyl (C=O) groups excluding carboxylic acids is 1. The van der Waals surface area contributed by atoms with Gasteiger partial charge < -0.3 is 15.2 Å². The number of thiophene rings is 1. The van der Waals surface area contributed by atoms with Crippen LogP contribution in [-0.2, 0) is 4.79 Å². The number of ether oxygens (including phenoxy) is 1. The van der Waals surface area contributed by atoms with Gasteiger partial charge in [0, 0.05) is 29.1 Å². The summed E-state index contributed by atoms with van der Waals surface area (Å²) >= 11 is 7.33. The van der Waals surface area contributed by atoms with Gasteiger partial charge in [-0.3, -0.25) is 4.79 Å². The third-order valence-corrected chi connectivity index (χ3v) is 5.72. The summed E-state index contributed by atoms with van der Waals surface area (Å²) in [5.41, 5.74) is 1.85. The van der Waals surface area contributed by atoms with Crippen molar-refractivity contribution >= 4 is 54.7 Å². The van der Waals surface area contributed by atoms with Crippen molar-refractivity contribution in [3.05, 3.63) is 76.6 Å². The maximum atomic E-state index is 12.5. The second-order valence-electron chi connectivity index (χ2n) is 5.79. The first-order chi connectivity index (χ1) is 15.3. The number of carboxylic acid groups (broad SMARTS) is 1. The SMILES string of the molecule is C=C(C=O)Oc1cccc(F)c1.CC.CNc1scc(-c2ccc(Cl)c(P)c2)c1C(=O)O. The number of carboxylic acids is 1. The van der Waals surface area contributed by atoms with Crippen molar-refractivity contribution in [2.75, 3.05) is 12.4 Å². The quantitative estimate of drug-likeness (QED) is 0.183. The average molecular weight is 496 g/mol. The fourth-order valence-corrected chi connectivity index (χ4v) is 3.70. The lowest BCUT2D eigenvalue weighted by Crippen LogP contribution is -2.02. The van der Waals surface area contributed by atoms with Crippen molar-refractivity contribution in [1.29, 1.82) is 0 Å². The molecule has 0 bridgehead atoms. The van der Waals surface area contributed by atoms with Crippen LogP contribution in [0.5, 0.6) is 5.75 Å².